The van der Waals surface area contributed by atoms with Gasteiger partial charge in [-0.05, 0) is 45.1 Å². The molecule has 0 aromatic heterocycles. The molecule has 0 bridgehead atoms. The zero-order valence-corrected chi connectivity index (χ0v) is 14.0. The molecule has 6 nitrogen and oxygen atoms in total. The Balaban J connectivity index is 2.04. The Hall–Kier alpha value is -1.57. The van der Waals surface area contributed by atoms with E-state index in [1.165, 1.54) is 0 Å². The van der Waals surface area contributed by atoms with E-state index < -0.39 is 19.3 Å². The highest BCUT2D eigenvalue weighted by Crippen LogP contribution is 2.36. The summed E-state index contributed by atoms with van der Waals surface area (Å²) in [6.45, 7) is 7.77. The molecule has 0 spiro atoms. The van der Waals surface area contributed by atoms with Crippen molar-refractivity contribution in [1.29, 1.82) is 0 Å². The third-order valence-electron chi connectivity index (χ3n) is 4.54. The van der Waals surface area contributed by atoms with Crippen molar-refractivity contribution >= 4 is 18.7 Å². The zero-order chi connectivity index (χ0) is 17.3. The molecule has 1 amide bonds. The first-order chi connectivity index (χ1) is 10.6. The molecule has 1 heterocycles. The molecule has 0 saturated carbocycles. The molecule has 0 radical (unpaired) electrons. The topological polar surface area (TPSA) is 88.0 Å². The van der Waals surface area contributed by atoms with Gasteiger partial charge in [0, 0.05) is 0 Å². The Labute approximate surface area is 136 Å². The lowest BCUT2D eigenvalue weighted by atomic mass is 9.78. The van der Waals surface area contributed by atoms with E-state index in [2.05, 4.69) is 5.32 Å². The average Bonchev–Trinajstić information content (AvgIpc) is 2.67. The highest BCUT2D eigenvalue weighted by Gasteiger charge is 2.51. The molecule has 0 aliphatic carbocycles. The maximum absolute atomic E-state index is 10.7. The van der Waals surface area contributed by atoms with Crippen LogP contribution in [-0.4, -0.2) is 47.3 Å². The number of nitrogens with one attached hydrogen (secondary N) is 1. The van der Waals surface area contributed by atoms with Crippen LogP contribution in [0.15, 0.2) is 24.3 Å². The van der Waals surface area contributed by atoms with Crippen LogP contribution in [-0.2, 0) is 15.7 Å². The molecule has 1 aromatic rings. The lowest BCUT2D eigenvalue weighted by molar-refractivity contribution is 0.00578. The lowest BCUT2D eigenvalue weighted by Gasteiger charge is -2.32. The minimum absolute atomic E-state index is 0.245. The smallest absolute Gasteiger partial charge is 0.465 e. The van der Waals surface area contributed by atoms with Gasteiger partial charge in [0.1, 0.15) is 0 Å². The quantitative estimate of drug-likeness (QED) is 0.708. The molecule has 1 aliphatic heterocycles. The molecular weight excluding hydrogens is 297 g/mol. The van der Waals surface area contributed by atoms with E-state index >= 15 is 0 Å². The van der Waals surface area contributed by atoms with E-state index in [0.717, 1.165) is 11.0 Å². The second-order valence-electron chi connectivity index (χ2n) is 6.86. The van der Waals surface area contributed by atoms with Crippen molar-refractivity contribution in [3.63, 3.8) is 0 Å². The highest BCUT2D eigenvalue weighted by molar-refractivity contribution is 6.62. The summed E-state index contributed by atoms with van der Waals surface area (Å²) in [5.41, 5.74) is 1.07. The monoisotopic (exact) mass is 321 g/mol. The fraction of sp³-hybridized carbons (Fsp3) is 0.562. The van der Waals surface area contributed by atoms with Gasteiger partial charge in [-0.1, -0.05) is 24.3 Å². The summed E-state index contributed by atoms with van der Waals surface area (Å²) in [4.78, 5) is 10.7. The first-order valence-corrected chi connectivity index (χ1v) is 7.69. The fourth-order valence-electron chi connectivity index (χ4n) is 2.41. The van der Waals surface area contributed by atoms with E-state index in [0.29, 0.717) is 6.42 Å². The maximum Gasteiger partial charge on any atom is 0.494 e. The first-order valence-electron chi connectivity index (χ1n) is 7.69. The van der Waals surface area contributed by atoms with Crippen molar-refractivity contribution in [2.45, 2.75) is 51.4 Å². The molecule has 1 fully saturated rings. The third-order valence-corrected chi connectivity index (χ3v) is 4.54. The van der Waals surface area contributed by atoms with Gasteiger partial charge in [-0.15, -0.1) is 0 Å². The van der Waals surface area contributed by atoms with Gasteiger partial charge >= 0.3 is 13.2 Å². The van der Waals surface area contributed by atoms with E-state index in [-0.39, 0.29) is 17.8 Å². The Kier molecular flexibility index (Phi) is 5.03. The van der Waals surface area contributed by atoms with Crippen LogP contribution in [0.3, 0.4) is 0 Å². The zero-order valence-electron chi connectivity index (χ0n) is 14.0. The summed E-state index contributed by atoms with van der Waals surface area (Å²) >= 11 is 0. The summed E-state index contributed by atoms with van der Waals surface area (Å²) in [7, 11) is -0.417. The largest absolute Gasteiger partial charge is 0.494 e. The molecule has 7 heteroatoms. The predicted molar refractivity (Wildman–Crippen MR) is 87.9 cm³/mol. The van der Waals surface area contributed by atoms with E-state index in [9.17, 15) is 9.90 Å². The van der Waals surface area contributed by atoms with Gasteiger partial charge in [0.2, 0.25) is 0 Å². The van der Waals surface area contributed by atoms with E-state index in [1.54, 1.807) is 0 Å². The van der Waals surface area contributed by atoms with Gasteiger partial charge in [-0.2, -0.15) is 0 Å². The van der Waals surface area contributed by atoms with Crippen LogP contribution in [0.1, 0.15) is 33.3 Å². The summed E-state index contributed by atoms with van der Waals surface area (Å²) < 4.78 is 12.0. The van der Waals surface area contributed by atoms with Gasteiger partial charge in [-0.25, -0.2) is 4.79 Å². The molecule has 3 N–H and O–H groups in total. The fourth-order valence-corrected chi connectivity index (χ4v) is 2.41. The first kappa shape index (κ1) is 17.8. The van der Waals surface area contributed by atoms with E-state index in [1.807, 2.05) is 52.0 Å². The minimum atomic E-state index is -1.14. The number of benzene rings is 1. The molecule has 23 heavy (non-hydrogen) atoms. The number of carbonyl (C=O) groups is 1. The van der Waals surface area contributed by atoms with E-state index in [4.69, 9.17) is 14.4 Å². The summed E-state index contributed by atoms with van der Waals surface area (Å²) in [5.74, 6) is 0. The Morgan fingerprint density at radius 3 is 2.13 bits per heavy atom. The summed E-state index contributed by atoms with van der Waals surface area (Å²) in [6.07, 6.45) is -0.718. The van der Waals surface area contributed by atoms with Crippen LogP contribution in [0.4, 0.5) is 4.79 Å². The van der Waals surface area contributed by atoms with Crippen LogP contribution < -0.4 is 10.8 Å². The summed E-state index contributed by atoms with van der Waals surface area (Å²) in [6, 6.07) is 7.09. The highest BCUT2D eigenvalue weighted by atomic mass is 16.7. The number of hydrogen-bond donors (Lipinski definition) is 3. The Morgan fingerprint density at radius 1 is 1.17 bits per heavy atom. The second-order valence-corrected chi connectivity index (χ2v) is 6.86. The van der Waals surface area contributed by atoms with Crippen LogP contribution in [0.5, 0.6) is 0 Å². The third kappa shape index (κ3) is 4.05. The molecule has 2 rings (SSSR count). The van der Waals surface area contributed by atoms with Crippen LogP contribution >= 0.6 is 0 Å². The molecule has 0 unspecified atom stereocenters. The number of rotatable bonds is 5. The second kappa shape index (κ2) is 6.51. The Bertz CT molecular complexity index is 542. The van der Waals surface area contributed by atoms with Crippen molar-refractivity contribution in [3.8, 4) is 0 Å². The van der Waals surface area contributed by atoms with Crippen LogP contribution in [0.25, 0.3) is 0 Å². The average molecular weight is 321 g/mol. The van der Waals surface area contributed by atoms with Crippen molar-refractivity contribution in [2.24, 2.45) is 0 Å². The van der Waals surface area contributed by atoms with Gasteiger partial charge in [-0.3, -0.25) is 0 Å². The van der Waals surface area contributed by atoms with Gasteiger partial charge in [0.25, 0.3) is 0 Å². The number of carboxylic acid groups (broad SMARTS) is 1. The molecular formula is C16H24BNO5. The number of aliphatic hydroxyl groups excluding tert-OH is 1. The molecule has 126 valence electrons. The molecule has 1 atom stereocenters. The van der Waals surface area contributed by atoms with Crippen molar-refractivity contribution in [2.75, 3.05) is 6.61 Å². The van der Waals surface area contributed by atoms with Crippen LogP contribution in [0, 0.1) is 0 Å². The number of aliphatic hydroxyl groups is 1. The molecule has 1 aromatic carbocycles. The lowest BCUT2D eigenvalue weighted by Crippen LogP contribution is -2.41. The normalized spacial score (nSPS) is 20.3. The van der Waals surface area contributed by atoms with Crippen molar-refractivity contribution < 1.29 is 24.3 Å². The standard InChI is InChI=1S/C16H24BNO5/c1-15(2)16(3,4)23-17(22-15)12-7-5-11(6-8-12)9-13(10-19)18-14(20)21/h5-8,13,18-19H,9-10H2,1-4H3,(H,20,21)/t13-/m1/s1. The minimum Gasteiger partial charge on any atom is -0.465 e. The van der Waals surface area contributed by atoms with Gasteiger partial charge in [0.05, 0.1) is 23.9 Å². The number of hydrogen-bond acceptors (Lipinski definition) is 4. The van der Waals surface area contributed by atoms with Crippen molar-refractivity contribution in [3.05, 3.63) is 29.8 Å². The van der Waals surface area contributed by atoms with Crippen LogP contribution in [0.2, 0.25) is 0 Å². The molecule has 1 aliphatic rings. The van der Waals surface area contributed by atoms with Gasteiger partial charge in [0.15, 0.2) is 0 Å². The van der Waals surface area contributed by atoms with Gasteiger partial charge < -0.3 is 24.8 Å². The molecule has 1 saturated heterocycles. The SMILES string of the molecule is CC1(C)OB(c2ccc(C[C@H](CO)NC(=O)O)cc2)OC1(C)C. The summed E-state index contributed by atoms with van der Waals surface area (Å²) in [5, 5.41) is 20.2. The number of amides is 1. The Morgan fingerprint density at radius 2 is 1.70 bits per heavy atom. The maximum atomic E-state index is 10.7. The van der Waals surface area contributed by atoms with Crippen molar-refractivity contribution in [1.82, 2.24) is 5.32 Å². The predicted octanol–water partition coefficient (Wildman–Crippen LogP) is 1.16.